The summed E-state index contributed by atoms with van der Waals surface area (Å²) in [5.74, 6) is -0.869. The van der Waals surface area contributed by atoms with E-state index in [4.69, 9.17) is 18.5 Å². The first kappa shape index (κ1) is 57.2. The Bertz CT molecular complexity index is 1290. The van der Waals surface area contributed by atoms with Crippen molar-refractivity contribution in [2.45, 2.75) is 174 Å². The van der Waals surface area contributed by atoms with E-state index in [1.165, 1.54) is 51.4 Å². The zero-order valence-electron chi connectivity index (χ0n) is 38.7. The Morgan fingerprint density at radius 3 is 1.45 bits per heavy atom. The number of phosphoric ester groups is 1. The van der Waals surface area contributed by atoms with Gasteiger partial charge in [0, 0.05) is 12.8 Å². The van der Waals surface area contributed by atoms with Crippen LogP contribution in [-0.2, 0) is 32.7 Å². The highest BCUT2D eigenvalue weighted by Gasteiger charge is 2.27. The second-order valence-corrected chi connectivity index (χ2v) is 17.9. The largest absolute Gasteiger partial charge is 0.472 e. The second kappa shape index (κ2) is 41.5. The molecule has 60 heavy (non-hydrogen) atoms. The minimum atomic E-state index is -4.40. The molecular formula is C50H87NO8P+. The van der Waals surface area contributed by atoms with E-state index in [0.717, 1.165) is 77.0 Å². The summed E-state index contributed by atoms with van der Waals surface area (Å²) in [5, 5.41) is 0. The van der Waals surface area contributed by atoms with Crippen molar-refractivity contribution in [3.8, 4) is 0 Å². The summed E-state index contributed by atoms with van der Waals surface area (Å²) < 4.78 is 34.3. The number of hydrogen-bond donors (Lipinski definition) is 1. The standard InChI is InChI=1S/C50H86NO8P/c1-6-8-10-12-14-16-18-20-22-23-24-25-26-27-29-30-32-34-36-38-40-42-49(52)56-46-48(47-58-60(54,55)57-45-44-51(3,4)5)59-50(53)43-41-39-37-35-33-31-28-21-19-17-15-13-11-9-7-2/h9,11,15,17-18,20-21,23-24,26-28,33,35,48H,6-8,10,12-14,16,19,22,25,29-32,34,36-47H2,1-5H3/p+1/b11-9-,17-15-,20-18-,24-23-,27-26-,28-21-,35-33-. The van der Waals surface area contributed by atoms with Crippen molar-refractivity contribution in [3.05, 3.63) is 85.1 Å². The van der Waals surface area contributed by atoms with Crippen LogP contribution in [0, 0.1) is 0 Å². The molecule has 0 amide bonds. The topological polar surface area (TPSA) is 108 Å². The van der Waals surface area contributed by atoms with Gasteiger partial charge >= 0.3 is 19.8 Å². The molecule has 10 heteroatoms. The molecule has 2 atom stereocenters. The molecule has 0 aliphatic carbocycles. The maximum absolute atomic E-state index is 12.7. The highest BCUT2D eigenvalue weighted by molar-refractivity contribution is 7.47. The molecule has 0 saturated heterocycles. The SMILES string of the molecule is CC/C=C\C/C=C\C/C=C\C/C=C\CCCCC(=O)OC(COC(=O)CCCCCCCC/C=C\C/C=C\C/C=C\CCCCCCC)COP(=O)(O)OCC[N+](C)(C)C. The number of ether oxygens (including phenoxy) is 2. The van der Waals surface area contributed by atoms with Gasteiger partial charge in [0.2, 0.25) is 0 Å². The predicted molar refractivity (Wildman–Crippen MR) is 252 cm³/mol. The molecular weight excluding hydrogens is 774 g/mol. The van der Waals surface area contributed by atoms with Crippen LogP contribution in [-0.4, -0.2) is 74.9 Å². The number of nitrogens with zero attached hydrogens (tertiary/aromatic N) is 1. The average Bonchev–Trinajstić information content (AvgIpc) is 3.20. The molecule has 0 fully saturated rings. The van der Waals surface area contributed by atoms with Gasteiger partial charge in [-0.05, 0) is 89.9 Å². The Balaban J connectivity index is 4.40. The van der Waals surface area contributed by atoms with Gasteiger partial charge in [-0.3, -0.25) is 18.6 Å². The van der Waals surface area contributed by atoms with Gasteiger partial charge in [0.1, 0.15) is 19.8 Å². The van der Waals surface area contributed by atoms with Crippen LogP contribution in [0.5, 0.6) is 0 Å². The number of likely N-dealkylation sites (N-methyl/N-ethyl adjacent to an activating group) is 1. The normalized spacial score (nSPS) is 14.3. The molecule has 1 N–H and O–H groups in total. The highest BCUT2D eigenvalue weighted by Crippen LogP contribution is 2.43. The van der Waals surface area contributed by atoms with Crippen molar-refractivity contribution in [1.29, 1.82) is 0 Å². The molecule has 2 unspecified atom stereocenters. The van der Waals surface area contributed by atoms with Gasteiger partial charge in [0.05, 0.1) is 27.7 Å². The Morgan fingerprint density at radius 1 is 0.533 bits per heavy atom. The fourth-order valence-electron chi connectivity index (χ4n) is 5.77. The van der Waals surface area contributed by atoms with Crippen LogP contribution in [0.15, 0.2) is 85.1 Å². The molecule has 0 rings (SSSR count). The van der Waals surface area contributed by atoms with E-state index in [1.807, 2.05) is 21.1 Å². The molecule has 0 bridgehead atoms. The smallest absolute Gasteiger partial charge is 0.462 e. The first-order valence-electron chi connectivity index (χ1n) is 23.3. The summed E-state index contributed by atoms with van der Waals surface area (Å²) >= 11 is 0. The molecule has 344 valence electrons. The lowest BCUT2D eigenvalue weighted by Gasteiger charge is -2.24. The van der Waals surface area contributed by atoms with E-state index in [0.29, 0.717) is 23.9 Å². The summed E-state index contributed by atoms with van der Waals surface area (Å²) in [7, 11) is 1.43. The van der Waals surface area contributed by atoms with Crippen molar-refractivity contribution in [2.24, 2.45) is 0 Å². The summed E-state index contributed by atoms with van der Waals surface area (Å²) in [5.41, 5.74) is 0. The molecule has 0 aliphatic heterocycles. The van der Waals surface area contributed by atoms with Gasteiger partial charge in [-0.1, -0.05) is 150 Å². The van der Waals surface area contributed by atoms with E-state index in [2.05, 4.69) is 98.9 Å². The third-order valence-corrected chi connectivity index (χ3v) is 10.4. The maximum Gasteiger partial charge on any atom is 0.472 e. The van der Waals surface area contributed by atoms with Crippen molar-refractivity contribution in [3.63, 3.8) is 0 Å². The van der Waals surface area contributed by atoms with Crippen molar-refractivity contribution < 1.29 is 42.1 Å². The van der Waals surface area contributed by atoms with Gasteiger partial charge in [-0.2, -0.15) is 0 Å². The van der Waals surface area contributed by atoms with Gasteiger partial charge in [-0.25, -0.2) is 4.57 Å². The molecule has 0 heterocycles. The zero-order valence-corrected chi connectivity index (χ0v) is 39.6. The fourth-order valence-corrected chi connectivity index (χ4v) is 6.52. The third kappa shape index (κ3) is 44.7. The monoisotopic (exact) mass is 861 g/mol. The zero-order chi connectivity index (χ0) is 44.3. The van der Waals surface area contributed by atoms with Crippen LogP contribution < -0.4 is 0 Å². The predicted octanol–water partition coefficient (Wildman–Crippen LogP) is 13.6. The maximum atomic E-state index is 12.7. The van der Waals surface area contributed by atoms with Crippen molar-refractivity contribution in [2.75, 3.05) is 47.5 Å². The number of allylic oxidation sites excluding steroid dienone is 14. The van der Waals surface area contributed by atoms with Gasteiger partial charge < -0.3 is 18.9 Å². The van der Waals surface area contributed by atoms with Crippen molar-refractivity contribution in [1.82, 2.24) is 0 Å². The summed E-state index contributed by atoms with van der Waals surface area (Å²) in [6, 6.07) is 0. The fraction of sp³-hybridized carbons (Fsp3) is 0.680. The number of esters is 2. The van der Waals surface area contributed by atoms with E-state index in [-0.39, 0.29) is 26.1 Å². The summed E-state index contributed by atoms with van der Waals surface area (Å²) in [6.07, 6.45) is 53.5. The van der Waals surface area contributed by atoms with Gasteiger partial charge in [0.15, 0.2) is 6.10 Å². The Kier molecular flexibility index (Phi) is 39.6. The van der Waals surface area contributed by atoms with E-state index >= 15 is 0 Å². The molecule has 0 radical (unpaired) electrons. The molecule has 0 aliphatic rings. The van der Waals surface area contributed by atoms with E-state index in [1.54, 1.807) is 0 Å². The lowest BCUT2D eigenvalue weighted by molar-refractivity contribution is -0.870. The number of unbranched alkanes of at least 4 members (excludes halogenated alkanes) is 13. The first-order chi connectivity index (χ1) is 29.0. The number of rotatable bonds is 41. The quantitative estimate of drug-likeness (QED) is 0.0213. The van der Waals surface area contributed by atoms with Gasteiger partial charge in [0.25, 0.3) is 0 Å². The second-order valence-electron chi connectivity index (χ2n) is 16.4. The number of carbonyl (C=O) groups excluding carboxylic acids is 2. The van der Waals surface area contributed by atoms with E-state index in [9.17, 15) is 19.0 Å². The molecule has 9 nitrogen and oxygen atoms in total. The summed E-state index contributed by atoms with van der Waals surface area (Å²) in [4.78, 5) is 35.4. The minimum Gasteiger partial charge on any atom is -0.462 e. The van der Waals surface area contributed by atoms with Crippen LogP contribution in [0.1, 0.15) is 168 Å². The Morgan fingerprint density at radius 2 is 0.950 bits per heavy atom. The molecule has 0 aromatic rings. The molecule has 0 aromatic heterocycles. The van der Waals surface area contributed by atoms with Crippen LogP contribution >= 0.6 is 7.82 Å². The molecule has 0 saturated carbocycles. The number of phosphoric acid groups is 1. The number of quaternary nitrogens is 1. The van der Waals surface area contributed by atoms with Crippen LogP contribution in [0.4, 0.5) is 0 Å². The first-order valence-corrected chi connectivity index (χ1v) is 24.8. The Labute approximate surface area is 367 Å². The lowest BCUT2D eigenvalue weighted by Crippen LogP contribution is -2.37. The Hall–Kier alpha value is -2.81. The molecule has 0 aromatic carbocycles. The van der Waals surface area contributed by atoms with Crippen molar-refractivity contribution >= 4 is 19.8 Å². The van der Waals surface area contributed by atoms with Crippen LogP contribution in [0.2, 0.25) is 0 Å². The highest BCUT2D eigenvalue weighted by atomic mass is 31.2. The number of hydrogen-bond acceptors (Lipinski definition) is 7. The van der Waals surface area contributed by atoms with E-state index < -0.39 is 32.5 Å². The average molecular weight is 861 g/mol. The molecule has 0 spiro atoms. The number of carbonyl (C=O) groups is 2. The summed E-state index contributed by atoms with van der Waals surface area (Å²) in [6.45, 7) is 4.21. The minimum absolute atomic E-state index is 0.0166. The van der Waals surface area contributed by atoms with Crippen LogP contribution in [0.3, 0.4) is 0 Å². The lowest BCUT2D eigenvalue weighted by atomic mass is 10.1. The van der Waals surface area contributed by atoms with Crippen LogP contribution in [0.25, 0.3) is 0 Å². The van der Waals surface area contributed by atoms with Gasteiger partial charge in [-0.15, -0.1) is 0 Å². The third-order valence-electron chi connectivity index (χ3n) is 9.41.